The van der Waals surface area contributed by atoms with Gasteiger partial charge in [-0.15, -0.1) is 13.2 Å². The lowest BCUT2D eigenvalue weighted by molar-refractivity contribution is -0.274. The summed E-state index contributed by atoms with van der Waals surface area (Å²) in [4.78, 5) is 12.2. The van der Waals surface area contributed by atoms with Crippen LogP contribution in [0, 0.1) is 0 Å². The maximum atomic E-state index is 12.2. The Morgan fingerprint density at radius 1 is 1.12 bits per heavy atom. The van der Waals surface area contributed by atoms with Crippen molar-refractivity contribution in [1.29, 1.82) is 0 Å². The van der Waals surface area contributed by atoms with Gasteiger partial charge in [0.25, 0.3) is 5.91 Å². The smallest absolute Gasteiger partial charge is 0.406 e. The Hall–Kier alpha value is -2.55. The van der Waals surface area contributed by atoms with Crippen molar-refractivity contribution in [3.63, 3.8) is 0 Å². The number of hydrogen-bond donors (Lipinski definition) is 1. The number of alkyl halides is 3. The fraction of sp³-hybridized carbons (Fsp3) is 0.188. The van der Waals surface area contributed by atoms with Crippen molar-refractivity contribution >= 4 is 21.4 Å². The fourth-order valence-corrected chi connectivity index (χ4v) is 2.86. The molecule has 0 heterocycles. The highest BCUT2D eigenvalue weighted by molar-refractivity contribution is 7.89. The molecule has 0 unspecified atom stereocenters. The van der Waals surface area contributed by atoms with Crippen molar-refractivity contribution in [2.24, 2.45) is 0 Å². The maximum absolute atomic E-state index is 12.2. The van der Waals surface area contributed by atoms with Gasteiger partial charge >= 0.3 is 6.36 Å². The van der Waals surface area contributed by atoms with Crippen LogP contribution in [0.5, 0.6) is 5.75 Å². The number of nitrogens with one attached hydrogen (secondary N) is 1. The van der Waals surface area contributed by atoms with Crippen molar-refractivity contribution in [2.45, 2.75) is 12.1 Å². The van der Waals surface area contributed by atoms with Crippen LogP contribution in [-0.2, 0) is 15.6 Å². The molecule has 2 rings (SSSR count). The number of halogens is 3. The monoisotopic (exact) mass is 373 g/mol. The van der Waals surface area contributed by atoms with E-state index in [2.05, 4.69) is 10.1 Å². The standard InChI is InChI=1S/C16H14F3NO4S/c1-25(22,23)10-11-4-2-5-12(8-11)15(21)20-13-6-3-7-14(9-13)24-16(17,18)19/h2-9H,10H2,1H3,(H,20,21). The predicted octanol–water partition coefficient (Wildman–Crippen LogP) is 3.38. The first-order valence-corrected chi connectivity index (χ1v) is 9.02. The molecule has 2 aromatic rings. The fourth-order valence-electron chi connectivity index (χ4n) is 2.08. The first-order chi connectivity index (χ1) is 11.5. The summed E-state index contributed by atoms with van der Waals surface area (Å²) in [5, 5.41) is 2.44. The molecule has 134 valence electrons. The Balaban J connectivity index is 2.15. The zero-order chi connectivity index (χ0) is 18.7. The average Bonchev–Trinajstić information content (AvgIpc) is 2.44. The highest BCUT2D eigenvalue weighted by atomic mass is 32.2. The van der Waals surface area contributed by atoms with Crippen LogP contribution in [0.3, 0.4) is 0 Å². The first kappa shape index (κ1) is 18.8. The van der Waals surface area contributed by atoms with E-state index < -0.39 is 27.9 Å². The SMILES string of the molecule is CS(=O)(=O)Cc1cccc(C(=O)Nc2cccc(OC(F)(F)F)c2)c1. The zero-order valence-electron chi connectivity index (χ0n) is 13.0. The number of benzene rings is 2. The molecular formula is C16H14F3NO4S. The minimum absolute atomic E-state index is 0.111. The number of carbonyl (C=O) groups excluding carboxylic acids is 1. The zero-order valence-corrected chi connectivity index (χ0v) is 13.8. The quantitative estimate of drug-likeness (QED) is 0.872. The number of anilines is 1. The number of hydrogen-bond acceptors (Lipinski definition) is 4. The van der Waals surface area contributed by atoms with Crippen LogP contribution < -0.4 is 10.1 Å². The molecule has 0 radical (unpaired) electrons. The first-order valence-electron chi connectivity index (χ1n) is 6.96. The predicted molar refractivity (Wildman–Crippen MR) is 86.1 cm³/mol. The largest absolute Gasteiger partial charge is 0.573 e. The number of ether oxygens (including phenoxy) is 1. The number of sulfone groups is 1. The van der Waals surface area contributed by atoms with Crippen molar-refractivity contribution in [3.05, 3.63) is 59.7 Å². The summed E-state index contributed by atoms with van der Waals surface area (Å²) in [6, 6.07) is 10.8. The van der Waals surface area contributed by atoms with Crippen LogP contribution >= 0.6 is 0 Å². The summed E-state index contributed by atoms with van der Waals surface area (Å²) >= 11 is 0. The van der Waals surface area contributed by atoms with E-state index in [1.165, 1.54) is 30.3 Å². The summed E-state index contributed by atoms with van der Waals surface area (Å²) in [5.41, 5.74) is 0.730. The van der Waals surface area contributed by atoms with E-state index in [9.17, 15) is 26.4 Å². The molecule has 25 heavy (non-hydrogen) atoms. The van der Waals surface area contributed by atoms with E-state index in [4.69, 9.17) is 0 Å². The molecule has 0 bridgehead atoms. The Bertz CT molecular complexity index is 879. The average molecular weight is 373 g/mol. The molecule has 0 atom stereocenters. The van der Waals surface area contributed by atoms with Gasteiger partial charge in [0.1, 0.15) is 5.75 Å². The van der Waals surface area contributed by atoms with E-state index >= 15 is 0 Å². The molecule has 9 heteroatoms. The van der Waals surface area contributed by atoms with Gasteiger partial charge in [0.2, 0.25) is 0 Å². The minimum Gasteiger partial charge on any atom is -0.406 e. The second-order valence-electron chi connectivity index (χ2n) is 5.30. The lowest BCUT2D eigenvalue weighted by Crippen LogP contribution is -2.17. The highest BCUT2D eigenvalue weighted by Crippen LogP contribution is 2.25. The Morgan fingerprint density at radius 3 is 2.44 bits per heavy atom. The number of carbonyl (C=O) groups is 1. The van der Waals surface area contributed by atoms with Crippen molar-refractivity contribution in [3.8, 4) is 5.75 Å². The lowest BCUT2D eigenvalue weighted by atomic mass is 10.1. The van der Waals surface area contributed by atoms with Gasteiger partial charge in [0.05, 0.1) is 5.75 Å². The third-order valence-electron chi connectivity index (χ3n) is 2.94. The maximum Gasteiger partial charge on any atom is 0.573 e. The van der Waals surface area contributed by atoms with Crippen LogP contribution in [0.25, 0.3) is 0 Å². The summed E-state index contributed by atoms with van der Waals surface area (Å²) in [5.74, 6) is -1.26. The molecule has 0 fully saturated rings. The van der Waals surface area contributed by atoms with Crippen molar-refractivity contribution < 1.29 is 31.1 Å². The van der Waals surface area contributed by atoms with E-state index in [-0.39, 0.29) is 17.0 Å². The van der Waals surface area contributed by atoms with Gasteiger partial charge < -0.3 is 10.1 Å². The second-order valence-corrected chi connectivity index (χ2v) is 7.44. The van der Waals surface area contributed by atoms with Crippen LogP contribution in [-0.4, -0.2) is 26.9 Å². The Morgan fingerprint density at radius 2 is 1.80 bits per heavy atom. The molecule has 0 spiro atoms. The molecule has 1 amide bonds. The van der Waals surface area contributed by atoms with Gasteiger partial charge in [0, 0.05) is 23.6 Å². The molecule has 0 saturated heterocycles. The van der Waals surface area contributed by atoms with E-state index in [1.807, 2.05) is 0 Å². The molecule has 5 nitrogen and oxygen atoms in total. The van der Waals surface area contributed by atoms with Crippen LogP contribution in [0.15, 0.2) is 48.5 Å². The topological polar surface area (TPSA) is 72.5 Å². The van der Waals surface area contributed by atoms with Gasteiger partial charge in [-0.25, -0.2) is 8.42 Å². The molecule has 1 N–H and O–H groups in total. The Labute approximate surface area is 142 Å². The normalized spacial score (nSPS) is 11.8. The van der Waals surface area contributed by atoms with E-state index in [0.717, 1.165) is 18.4 Å². The third-order valence-corrected chi connectivity index (χ3v) is 3.80. The molecule has 0 aromatic heterocycles. The van der Waals surface area contributed by atoms with Gasteiger partial charge in [-0.05, 0) is 29.8 Å². The molecule has 0 saturated carbocycles. The van der Waals surface area contributed by atoms with Gasteiger partial charge in [-0.2, -0.15) is 0 Å². The van der Waals surface area contributed by atoms with Crippen molar-refractivity contribution in [2.75, 3.05) is 11.6 Å². The van der Waals surface area contributed by atoms with Crippen molar-refractivity contribution in [1.82, 2.24) is 0 Å². The summed E-state index contributed by atoms with van der Waals surface area (Å²) in [7, 11) is -3.26. The van der Waals surface area contributed by atoms with E-state index in [0.29, 0.717) is 5.56 Å². The Kier molecular flexibility index (Phi) is 5.36. The van der Waals surface area contributed by atoms with E-state index in [1.54, 1.807) is 6.07 Å². The minimum atomic E-state index is -4.83. The molecule has 0 aliphatic heterocycles. The molecule has 2 aromatic carbocycles. The van der Waals surface area contributed by atoms with Gasteiger partial charge in [-0.1, -0.05) is 18.2 Å². The highest BCUT2D eigenvalue weighted by Gasteiger charge is 2.31. The lowest BCUT2D eigenvalue weighted by Gasteiger charge is -2.11. The van der Waals surface area contributed by atoms with Crippen LogP contribution in [0.2, 0.25) is 0 Å². The van der Waals surface area contributed by atoms with Crippen LogP contribution in [0.1, 0.15) is 15.9 Å². The second kappa shape index (κ2) is 7.14. The summed E-state index contributed by atoms with van der Waals surface area (Å²) in [6.07, 6.45) is -3.76. The number of rotatable bonds is 5. The molecular weight excluding hydrogens is 359 g/mol. The number of amides is 1. The van der Waals surface area contributed by atoms with Gasteiger partial charge in [-0.3, -0.25) is 4.79 Å². The molecule has 0 aliphatic rings. The van der Waals surface area contributed by atoms with Gasteiger partial charge in [0.15, 0.2) is 9.84 Å². The third kappa shape index (κ3) is 6.46. The summed E-state index contributed by atoms with van der Waals surface area (Å²) in [6.45, 7) is 0. The summed E-state index contributed by atoms with van der Waals surface area (Å²) < 4.78 is 63.1. The molecule has 0 aliphatic carbocycles. The van der Waals surface area contributed by atoms with Crippen LogP contribution in [0.4, 0.5) is 18.9 Å².